The standard InChI is InChI=1S/C40H48N4O7/c1-39(2,3)51-38(49)42-31-16-12-7-5-6-11-15-28-23-40(28,37(47)48)43-35(45)34-20-25(24-44(34)36(31)46)19-27-21-32(26-13-9-8-10-14-26)41-33-22-29(50-4)17-18-30(27)33/h8-11,13-15,17-18,21-22,25,28,31,34H,5-7,12,16,19-20,23-24H2,1-4H3,(H,42,49)(H,43,45)(H,47,48)/b15-11+/t25-,28?,31+,34+,40-/m1/s1. The van der Waals surface area contributed by atoms with E-state index in [1.165, 1.54) is 0 Å². The van der Waals surface area contributed by atoms with Crippen molar-refractivity contribution in [2.45, 2.75) is 95.4 Å². The van der Waals surface area contributed by atoms with Gasteiger partial charge in [0.1, 0.15) is 29.0 Å². The van der Waals surface area contributed by atoms with E-state index in [1.807, 2.05) is 60.7 Å². The summed E-state index contributed by atoms with van der Waals surface area (Å²) in [6.45, 7) is 5.54. The maximum Gasteiger partial charge on any atom is 0.408 e. The number of nitrogens with one attached hydrogen (secondary N) is 2. The molecule has 1 saturated heterocycles. The largest absolute Gasteiger partial charge is 0.497 e. The molecule has 1 unspecified atom stereocenters. The Morgan fingerprint density at radius 1 is 1.08 bits per heavy atom. The summed E-state index contributed by atoms with van der Waals surface area (Å²) >= 11 is 0. The molecular formula is C40H48N4O7. The molecule has 2 fully saturated rings. The van der Waals surface area contributed by atoms with Crippen molar-refractivity contribution in [1.82, 2.24) is 20.5 Å². The number of hydrogen-bond acceptors (Lipinski definition) is 7. The lowest BCUT2D eigenvalue weighted by Gasteiger charge is -2.30. The molecule has 2 aliphatic heterocycles. The minimum atomic E-state index is -1.40. The van der Waals surface area contributed by atoms with Crippen LogP contribution in [0.4, 0.5) is 4.79 Å². The number of carboxylic acid groups (broad SMARTS) is 1. The molecular weight excluding hydrogens is 648 g/mol. The normalized spacial score (nSPS) is 26.2. The molecule has 270 valence electrons. The number of rotatable bonds is 6. The van der Waals surface area contributed by atoms with E-state index in [0.717, 1.165) is 47.0 Å². The number of methoxy groups -OCH3 is 1. The van der Waals surface area contributed by atoms with Crippen LogP contribution in [0, 0.1) is 11.8 Å². The molecule has 1 saturated carbocycles. The van der Waals surface area contributed by atoms with Gasteiger partial charge in [-0.3, -0.25) is 9.59 Å². The van der Waals surface area contributed by atoms with Crippen LogP contribution in [0.25, 0.3) is 22.2 Å². The molecule has 3 heterocycles. The molecule has 3 aliphatic rings. The van der Waals surface area contributed by atoms with Gasteiger partial charge in [0.15, 0.2) is 0 Å². The summed E-state index contributed by atoms with van der Waals surface area (Å²) in [5.74, 6) is -1.73. The Bertz CT molecular complexity index is 1820. The van der Waals surface area contributed by atoms with Crippen molar-refractivity contribution in [3.8, 4) is 17.0 Å². The molecule has 0 spiro atoms. The van der Waals surface area contributed by atoms with Crippen molar-refractivity contribution in [1.29, 1.82) is 0 Å². The predicted molar refractivity (Wildman–Crippen MR) is 193 cm³/mol. The number of hydrogen-bond donors (Lipinski definition) is 3. The summed E-state index contributed by atoms with van der Waals surface area (Å²) in [5.41, 5.74) is 1.37. The number of allylic oxidation sites excluding steroid dienone is 1. The lowest BCUT2D eigenvalue weighted by molar-refractivity contribution is -0.145. The number of carbonyl (C=O) groups excluding carboxylic acids is 3. The van der Waals surface area contributed by atoms with Crippen molar-refractivity contribution in [3.05, 3.63) is 72.3 Å². The Balaban J connectivity index is 1.34. The number of carbonyl (C=O) groups is 4. The number of nitrogens with zero attached hydrogens (tertiary/aromatic N) is 2. The molecule has 11 heteroatoms. The molecule has 5 atom stereocenters. The molecule has 3 aromatic rings. The first kappa shape index (κ1) is 35.9. The van der Waals surface area contributed by atoms with Crippen LogP contribution in [0.5, 0.6) is 5.75 Å². The molecule has 0 bridgehead atoms. The quantitative estimate of drug-likeness (QED) is 0.264. The molecule has 11 nitrogen and oxygen atoms in total. The third kappa shape index (κ3) is 8.18. The van der Waals surface area contributed by atoms with E-state index in [2.05, 4.69) is 16.7 Å². The zero-order valence-electron chi connectivity index (χ0n) is 29.8. The van der Waals surface area contributed by atoms with E-state index in [0.29, 0.717) is 37.9 Å². The SMILES string of the molecule is COc1ccc2c(C[C@@H]3C[C@H]4C(=O)N[C@]5(C(=O)O)CC5/C=C/CCCCC[C@H](NC(=O)OC(C)(C)C)C(=O)N4C3)cc(-c3ccccc3)nc2c1. The van der Waals surface area contributed by atoms with Crippen molar-refractivity contribution >= 4 is 34.8 Å². The average molecular weight is 697 g/mol. The fourth-order valence-corrected chi connectivity index (χ4v) is 7.43. The van der Waals surface area contributed by atoms with Crippen LogP contribution in [0.2, 0.25) is 0 Å². The molecule has 3 N–H and O–H groups in total. The van der Waals surface area contributed by atoms with Crippen LogP contribution in [-0.2, 0) is 25.5 Å². The van der Waals surface area contributed by atoms with Crippen LogP contribution in [0.1, 0.15) is 71.3 Å². The average Bonchev–Trinajstić information content (AvgIpc) is 3.63. The van der Waals surface area contributed by atoms with E-state index in [1.54, 1.807) is 32.8 Å². The second kappa shape index (κ2) is 14.7. The zero-order chi connectivity index (χ0) is 36.3. The topological polar surface area (TPSA) is 147 Å². The summed E-state index contributed by atoms with van der Waals surface area (Å²) in [7, 11) is 1.62. The summed E-state index contributed by atoms with van der Waals surface area (Å²) < 4.78 is 11.0. The number of amides is 3. The van der Waals surface area contributed by atoms with Gasteiger partial charge in [0.25, 0.3) is 0 Å². The molecule has 2 aromatic carbocycles. The number of alkyl carbamates (subject to hydrolysis) is 1. The van der Waals surface area contributed by atoms with Crippen molar-refractivity contribution in [2.24, 2.45) is 11.8 Å². The van der Waals surface area contributed by atoms with Gasteiger partial charge in [0, 0.05) is 29.5 Å². The Labute approximate surface area is 298 Å². The van der Waals surface area contributed by atoms with Gasteiger partial charge >= 0.3 is 12.1 Å². The minimum absolute atomic E-state index is 0.141. The van der Waals surface area contributed by atoms with Crippen LogP contribution >= 0.6 is 0 Å². The summed E-state index contributed by atoms with van der Waals surface area (Å²) in [5, 5.41) is 16.8. The summed E-state index contributed by atoms with van der Waals surface area (Å²) in [4.78, 5) is 60.6. The van der Waals surface area contributed by atoms with Gasteiger partial charge in [-0.05, 0) is 89.0 Å². The molecule has 0 radical (unpaired) electrons. The minimum Gasteiger partial charge on any atom is -0.497 e. The zero-order valence-corrected chi connectivity index (χ0v) is 29.8. The number of pyridine rings is 1. The third-order valence-corrected chi connectivity index (χ3v) is 10.1. The highest BCUT2D eigenvalue weighted by atomic mass is 16.6. The molecule has 1 aliphatic carbocycles. The van der Waals surface area contributed by atoms with Crippen LogP contribution in [0.15, 0.2) is 66.7 Å². The Morgan fingerprint density at radius 2 is 1.86 bits per heavy atom. The van der Waals surface area contributed by atoms with Gasteiger partial charge in [-0.2, -0.15) is 0 Å². The van der Waals surface area contributed by atoms with Crippen molar-refractivity contribution < 1.29 is 33.8 Å². The number of aliphatic carboxylic acids is 1. The number of benzene rings is 2. The van der Waals surface area contributed by atoms with E-state index in [4.69, 9.17) is 14.5 Å². The van der Waals surface area contributed by atoms with Gasteiger partial charge in [-0.1, -0.05) is 55.3 Å². The van der Waals surface area contributed by atoms with Gasteiger partial charge in [-0.15, -0.1) is 0 Å². The predicted octanol–water partition coefficient (Wildman–Crippen LogP) is 6.04. The van der Waals surface area contributed by atoms with Crippen molar-refractivity contribution in [2.75, 3.05) is 13.7 Å². The summed E-state index contributed by atoms with van der Waals surface area (Å²) in [6, 6.07) is 15.9. The maximum absolute atomic E-state index is 14.5. The first-order valence-electron chi connectivity index (χ1n) is 17.9. The fourth-order valence-electron chi connectivity index (χ4n) is 7.43. The van der Waals surface area contributed by atoms with Crippen LogP contribution in [-0.4, -0.2) is 75.7 Å². The second-order valence-corrected chi connectivity index (χ2v) is 15.1. The van der Waals surface area contributed by atoms with Crippen LogP contribution < -0.4 is 15.4 Å². The van der Waals surface area contributed by atoms with Crippen molar-refractivity contribution in [3.63, 3.8) is 0 Å². The lowest BCUT2D eigenvalue weighted by atomic mass is 9.93. The maximum atomic E-state index is 14.5. The van der Waals surface area contributed by atoms with E-state index < -0.39 is 41.2 Å². The van der Waals surface area contributed by atoms with Gasteiger partial charge in [-0.25, -0.2) is 14.6 Å². The van der Waals surface area contributed by atoms with Gasteiger partial charge < -0.3 is 30.1 Å². The second-order valence-electron chi connectivity index (χ2n) is 15.1. The first-order valence-corrected chi connectivity index (χ1v) is 17.9. The molecule has 3 amide bonds. The Hall–Kier alpha value is -4.93. The Kier molecular flexibility index (Phi) is 10.4. The molecule has 51 heavy (non-hydrogen) atoms. The highest BCUT2D eigenvalue weighted by Gasteiger charge is 2.61. The summed E-state index contributed by atoms with van der Waals surface area (Å²) in [6.07, 6.45) is 7.86. The highest BCUT2D eigenvalue weighted by Crippen LogP contribution is 2.45. The monoisotopic (exact) mass is 696 g/mol. The van der Waals surface area contributed by atoms with E-state index in [-0.39, 0.29) is 24.3 Å². The van der Waals surface area contributed by atoms with Gasteiger partial charge in [0.05, 0.1) is 18.3 Å². The van der Waals surface area contributed by atoms with E-state index >= 15 is 0 Å². The third-order valence-electron chi connectivity index (χ3n) is 10.1. The van der Waals surface area contributed by atoms with E-state index in [9.17, 15) is 24.3 Å². The Morgan fingerprint density at radius 3 is 2.59 bits per heavy atom. The molecule has 6 rings (SSSR count). The number of carboxylic acids is 1. The first-order chi connectivity index (χ1) is 24.4. The lowest BCUT2D eigenvalue weighted by Crippen LogP contribution is -2.56. The van der Waals surface area contributed by atoms with Crippen LogP contribution in [0.3, 0.4) is 0 Å². The fraction of sp³-hybridized carbons (Fsp3) is 0.475. The smallest absolute Gasteiger partial charge is 0.408 e. The number of aromatic nitrogens is 1. The van der Waals surface area contributed by atoms with Gasteiger partial charge in [0.2, 0.25) is 11.8 Å². The molecule has 1 aromatic heterocycles. The highest BCUT2D eigenvalue weighted by molar-refractivity contribution is 5.96. The number of fused-ring (bicyclic) bond motifs is 3. The number of ether oxygens (including phenoxy) is 2.